The highest BCUT2D eigenvalue weighted by atomic mass is 16.5. The van der Waals surface area contributed by atoms with Crippen LogP contribution in [0.3, 0.4) is 0 Å². The van der Waals surface area contributed by atoms with Crippen LogP contribution in [0.2, 0.25) is 0 Å². The monoisotopic (exact) mass is 577 g/mol. The quantitative estimate of drug-likeness (QED) is 0.409. The molecule has 0 saturated heterocycles. The highest BCUT2D eigenvalue weighted by Crippen LogP contribution is 2.68. The molecule has 6 rings (SSSR count). The summed E-state index contributed by atoms with van der Waals surface area (Å²) in [6.07, 6.45) is 7.71. The van der Waals surface area contributed by atoms with E-state index in [1.54, 1.807) is 12.3 Å². The fourth-order valence-corrected chi connectivity index (χ4v) is 10.4. The van der Waals surface area contributed by atoms with Gasteiger partial charge in [-0.15, -0.1) is 0 Å². The van der Waals surface area contributed by atoms with Crippen LogP contribution in [0.25, 0.3) is 10.9 Å². The number of hydrogen-bond donors (Lipinski definition) is 2. The maximum Gasteiger partial charge on any atom is 0.339 e. The van der Waals surface area contributed by atoms with Gasteiger partial charge in [-0.25, -0.2) is 4.79 Å². The highest BCUT2D eigenvalue weighted by Gasteiger charge is 2.65. The summed E-state index contributed by atoms with van der Waals surface area (Å²) in [5, 5.41) is 24.4. The summed E-state index contributed by atoms with van der Waals surface area (Å²) in [5.74, 6) is 1.05. The number of carbonyl (C=O) groups is 2. The molecule has 0 radical (unpaired) electrons. The van der Waals surface area contributed by atoms with Crippen LogP contribution in [-0.4, -0.2) is 52.6 Å². The predicted octanol–water partition coefficient (Wildman–Crippen LogP) is 5.95. The van der Waals surface area contributed by atoms with Gasteiger partial charge < -0.3 is 19.7 Å². The maximum absolute atomic E-state index is 13.3. The van der Waals surface area contributed by atoms with Crippen LogP contribution in [0.15, 0.2) is 36.5 Å². The number of benzene rings is 1. The Morgan fingerprint density at radius 3 is 2.62 bits per heavy atom. The first-order valence-electron chi connectivity index (χ1n) is 16.1. The molecule has 1 aromatic carbocycles. The normalized spacial score (nSPS) is 40.0. The van der Waals surface area contributed by atoms with Crippen LogP contribution in [0.5, 0.6) is 0 Å². The lowest BCUT2D eigenvalue weighted by molar-refractivity contribution is -0.207. The van der Waals surface area contributed by atoms with Gasteiger partial charge in [0, 0.05) is 18.0 Å². The van der Waals surface area contributed by atoms with Crippen molar-refractivity contribution < 1.29 is 29.3 Å². The van der Waals surface area contributed by atoms with Gasteiger partial charge in [0.2, 0.25) is 0 Å². The van der Waals surface area contributed by atoms with Crippen molar-refractivity contribution in [3.63, 3.8) is 0 Å². The summed E-state index contributed by atoms with van der Waals surface area (Å²) in [5.41, 5.74) is 1.05. The summed E-state index contributed by atoms with van der Waals surface area (Å²) in [6, 6.07) is 9.36. The van der Waals surface area contributed by atoms with Gasteiger partial charge in [-0.1, -0.05) is 39.0 Å². The number of para-hydroxylation sites is 1. The van der Waals surface area contributed by atoms with Gasteiger partial charge in [0.05, 0.1) is 30.4 Å². The van der Waals surface area contributed by atoms with E-state index >= 15 is 0 Å². The third-order valence-electron chi connectivity index (χ3n) is 12.7. The van der Waals surface area contributed by atoms with Crippen LogP contribution >= 0.6 is 0 Å². The Kier molecular flexibility index (Phi) is 7.88. The van der Waals surface area contributed by atoms with Crippen molar-refractivity contribution in [2.24, 2.45) is 46.3 Å². The number of pyridine rings is 1. The molecule has 11 atom stereocenters. The molecular weight excluding hydrogens is 530 g/mol. The molecule has 7 heteroatoms. The van der Waals surface area contributed by atoms with E-state index in [2.05, 4.69) is 25.8 Å². The molecule has 2 aromatic rings. The van der Waals surface area contributed by atoms with E-state index in [-0.39, 0.29) is 52.5 Å². The van der Waals surface area contributed by atoms with Crippen molar-refractivity contribution in [2.75, 3.05) is 7.11 Å². The number of nitrogens with zero attached hydrogens (tertiary/aromatic N) is 1. The minimum atomic E-state index is -0.435. The molecule has 0 aliphatic heterocycles. The molecule has 4 aliphatic rings. The first kappa shape index (κ1) is 29.6. The molecule has 4 saturated carbocycles. The second-order valence-corrected chi connectivity index (χ2v) is 14.4. The van der Waals surface area contributed by atoms with Crippen LogP contribution in [-0.2, 0) is 14.3 Å². The Hall–Kier alpha value is -2.51. The fourth-order valence-electron chi connectivity index (χ4n) is 10.4. The minimum absolute atomic E-state index is 0.00688. The Morgan fingerprint density at radius 2 is 1.83 bits per heavy atom. The topological polar surface area (TPSA) is 106 Å². The van der Waals surface area contributed by atoms with Crippen LogP contribution in [0, 0.1) is 46.3 Å². The Bertz CT molecular complexity index is 1320. The number of aliphatic hydroxyl groups is 2. The summed E-state index contributed by atoms with van der Waals surface area (Å²) in [4.78, 5) is 29.5. The molecule has 1 aromatic heterocycles. The number of carbonyl (C=O) groups excluding carboxylic acids is 2. The van der Waals surface area contributed by atoms with Crippen molar-refractivity contribution in [2.45, 2.75) is 96.9 Å². The SMILES string of the molecule is COC(=O)CC[C@@H](C)[C@H]1CC[C@H]2[C@@H]3[C@H](O)C[C@@H]4C[C@H](OC(=O)c5ccnc6ccccc56)CC[C@]4(C)[C@H]3C[C@H](O)[C@]12C. The smallest absolute Gasteiger partial charge is 0.339 e. The van der Waals surface area contributed by atoms with E-state index in [9.17, 15) is 19.8 Å². The van der Waals surface area contributed by atoms with Gasteiger partial charge in [-0.3, -0.25) is 9.78 Å². The van der Waals surface area contributed by atoms with Gasteiger partial charge in [0.15, 0.2) is 0 Å². The first-order chi connectivity index (χ1) is 20.1. The molecule has 4 aliphatic carbocycles. The molecule has 42 heavy (non-hydrogen) atoms. The third kappa shape index (κ3) is 4.75. The zero-order chi connectivity index (χ0) is 29.8. The third-order valence-corrected chi connectivity index (χ3v) is 12.7. The molecular formula is C35H47NO6. The zero-order valence-electron chi connectivity index (χ0n) is 25.5. The van der Waals surface area contributed by atoms with Gasteiger partial charge in [-0.2, -0.15) is 0 Å². The van der Waals surface area contributed by atoms with E-state index in [4.69, 9.17) is 9.47 Å². The predicted molar refractivity (Wildman–Crippen MR) is 159 cm³/mol. The van der Waals surface area contributed by atoms with Gasteiger partial charge in [0.25, 0.3) is 0 Å². The molecule has 1 heterocycles. The van der Waals surface area contributed by atoms with Crippen LogP contribution in [0.4, 0.5) is 0 Å². The lowest BCUT2D eigenvalue weighted by Gasteiger charge is -2.63. The summed E-state index contributed by atoms with van der Waals surface area (Å²) in [6.45, 7) is 6.84. The first-order valence-corrected chi connectivity index (χ1v) is 16.1. The Morgan fingerprint density at radius 1 is 1.05 bits per heavy atom. The molecule has 0 bridgehead atoms. The van der Waals surface area contributed by atoms with Crippen molar-refractivity contribution >= 4 is 22.8 Å². The van der Waals surface area contributed by atoms with Crippen molar-refractivity contribution in [3.8, 4) is 0 Å². The van der Waals surface area contributed by atoms with Crippen LogP contribution in [0.1, 0.15) is 88.9 Å². The second-order valence-electron chi connectivity index (χ2n) is 14.4. The van der Waals surface area contributed by atoms with Crippen LogP contribution < -0.4 is 0 Å². The van der Waals surface area contributed by atoms with E-state index in [1.165, 1.54) is 7.11 Å². The average Bonchev–Trinajstić information content (AvgIpc) is 3.35. The van der Waals surface area contributed by atoms with Crippen molar-refractivity contribution in [1.82, 2.24) is 4.98 Å². The Balaban J connectivity index is 1.17. The zero-order valence-corrected chi connectivity index (χ0v) is 25.5. The molecule has 0 amide bonds. The van der Waals surface area contributed by atoms with E-state index in [0.29, 0.717) is 30.2 Å². The number of aliphatic hydroxyl groups excluding tert-OH is 2. The van der Waals surface area contributed by atoms with Crippen molar-refractivity contribution in [3.05, 3.63) is 42.1 Å². The number of hydrogen-bond acceptors (Lipinski definition) is 7. The van der Waals surface area contributed by atoms with E-state index in [1.807, 2.05) is 24.3 Å². The summed E-state index contributed by atoms with van der Waals surface area (Å²) < 4.78 is 11.0. The molecule has 7 nitrogen and oxygen atoms in total. The maximum atomic E-state index is 13.3. The highest BCUT2D eigenvalue weighted by molar-refractivity contribution is 6.03. The van der Waals surface area contributed by atoms with Gasteiger partial charge in [0.1, 0.15) is 6.10 Å². The number of methoxy groups -OCH3 is 1. The second kappa shape index (κ2) is 11.2. The number of rotatable bonds is 6. The average molecular weight is 578 g/mol. The summed E-state index contributed by atoms with van der Waals surface area (Å²) >= 11 is 0. The number of esters is 2. The van der Waals surface area contributed by atoms with E-state index in [0.717, 1.165) is 55.8 Å². The molecule has 0 spiro atoms. The fraction of sp³-hybridized carbons (Fsp3) is 0.686. The van der Waals surface area contributed by atoms with Gasteiger partial charge in [-0.05, 0) is 110 Å². The lowest BCUT2D eigenvalue weighted by Crippen LogP contribution is -2.62. The summed E-state index contributed by atoms with van der Waals surface area (Å²) in [7, 11) is 1.43. The molecule has 0 unspecified atom stereocenters. The molecule has 2 N–H and O–H groups in total. The number of fused-ring (bicyclic) bond motifs is 6. The number of ether oxygens (including phenoxy) is 2. The largest absolute Gasteiger partial charge is 0.469 e. The standard InChI is InChI=1S/C35H47NO6/c1-20(9-12-31(39)41-4)25-10-11-26-32-27(19-30(38)35(25,26)3)34(2)15-13-22(17-21(34)18-29(32)37)42-33(40)24-14-16-36-28-8-6-5-7-23(24)28/h5-8,14,16,20-22,25-27,29-30,32,37-38H,9-13,15,17-19H2,1-4H3/t20-,21+,22-,25-,26+,27+,29-,30+,32+,34+,35-/m1/s1. The lowest BCUT2D eigenvalue weighted by atomic mass is 9.43. The van der Waals surface area contributed by atoms with Crippen molar-refractivity contribution in [1.29, 1.82) is 0 Å². The Labute approximate surface area is 249 Å². The molecule has 4 fully saturated rings. The number of aromatic nitrogens is 1. The van der Waals surface area contributed by atoms with Gasteiger partial charge >= 0.3 is 11.9 Å². The minimum Gasteiger partial charge on any atom is -0.469 e. The van der Waals surface area contributed by atoms with E-state index < -0.39 is 12.2 Å². The molecule has 228 valence electrons.